The molecule has 2 N–H and O–H groups in total. The van der Waals surface area contributed by atoms with Crippen LogP contribution in [0.15, 0.2) is 24.4 Å². The zero-order valence-corrected chi connectivity index (χ0v) is 22.5. The lowest BCUT2D eigenvalue weighted by Gasteiger charge is -2.31. The van der Waals surface area contributed by atoms with Gasteiger partial charge in [-0.25, -0.2) is 4.98 Å². The van der Waals surface area contributed by atoms with Gasteiger partial charge in [0.1, 0.15) is 11.4 Å². The van der Waals surface area contributed by atoms with Crippen molar-refractivity contribution in [3.63, 3.8) is 0 Å². The standard InChI is InChI=1S/C27H35F2N7O3/c1-34-12-10-17(11-13-34)31-24(37)20-9-8-18(14-22(20)39-3)32-26-30-15-21-23(33-26)36(19-6-4-5-7-19)16-27(28,29)25(38)35(21)2/h8-9,14-15,17,19H,4-7,10-13,16H2,1-3H3,(H,31,37)(H,30,32,33). The van der Waals surface area contributed by atoms with E-state index in [2.05, 4.69) is 32.5 Å². The number of methoxy groups -OCH3 is 1. The Balaban J connectivity index is 1.38. The van der Waals surface area contributed by atoms with Crippen molar-refractivity contribution in [2.75, 3.05) is 56.0 Å². The van der Waals surface area contributed by atoms with Crippen molar-refractivity contribution in [3.05, 3.63) is 30.0 Å². The zero-order valence-electron chi connectivity index (χ0n) is 22.5. The van der Waals surface area contributed by atoms with Gasteiger partial charge < -0.3 is 30.1 Å². The molecule has 1 aromatic carbocycles. The molecule has 1 saturated heterocycles. The van der Waals surface area contributed by atoms with Gasteiger partial charge in [0.25, 0.3) is 11.8 Å². The summed E-state index contributed by atoms with van der Waals surface area (Å²) in [4.78, 5) is 39.1. The first-order chi connectivity index (χ1) is 18.7. The summed E-state index contributed by atoms with van der Waals surface area (Å²) in [5.74, 6) is -4.13. The Kier molecular flexibility index (Phi) is 7.57. The molecule has 2 fully saturated rings. The number of hydrogen-bond donors (Lipinski definition) is 2. The molecule has 2 aliphatic heterocycles. The highest BCUT2D eigenvalue weighted by molar-refractivity contribution is 6.02. The molecule has 0 bridgehead atoms. The monoisotopic (exact) mass is 543 g/mol. The number of likely N-dealkylation sites (tertiary alicyclic amines) is 1. The Hall–Kier alpha value is -3.54. The maximum atomic E-state index is 14.8. The Labute approximate surface area is 226 Å². The molecular formula is C27H35F2N7O3. The second-order valence-electron chi connectivity index (χ2n) is 10.6. The highest BCUT2D eigenvalue weighted by Gasteiger charge is 2.48. The van der Waals surface area contributed by atoms with E-state index >= 15 is 0 Å². The number of piperidine rings is 1. The van der Waals surface area contributed by atoms with Crippen LogP contribution in [0.2, 0.25) is 0 Å². The van der Waals surface area contributed by atoms with E-state index in [1.165, 1.54) is 20.4 Å². The van der Waals surface area contributed by atoms with Gasteiger partial charge in [-0.3, -0.25) is 9.59 Å². The summed E-state index contributed by atoms with van der Waals surface area (Å²) >= 11 is 0. The number of amides is 2. The predicted molar refractivity (Wildman–Crippen MR) is 144 cm³/mol. The lowest BCUT2D eigenvalue weighted by molar-refractivity contribution is -0.140. The number of anilines is 4. The fourth-order valence-corrected chi connectivity index (χ4v) is 5.61. The van der Waals surface area contributed by atoms with E-state index in [9.17, 15) is 18.4 Å². The van der Waals surface area contributed by atoms with Gasteiger partial charge >= 0.3 is 5.92 Å². The molecule has 5 rings (SSSR count). The van der Waals surface area contributed by atoms with Gasteiger partial charge in [-0.2, -0.15) is 13.8 Å². The summed E-state index contributed by atoms with van der Waals surface area (Å²) in [7, 11) is 4.89. The number of nitrogens with zero attached hydrogens (tertiary/aromatic N) is 5. The van der Waals surface area contributed by atoms with Gasteiger partial charge in [0.2, 0.25) is 5.95 Å². The van der Waals surface area contributed by atoms with E-state index < -0.39 is 18.4 Å². The topological polar surface area (TPSA) is 103 Å². The first-order valence-corrected chi connectivity index (χ1v) is 13.4. The maximum absolute atomic E-state index is 14.8. The van der Waals surface area contributed by atoms with Gasteiger partial charge in [0.05, 0.1) is 25.4 Å². The van der Waals surface area contributed by atoms with Gasteiger partial charge in [-0.05, 0) is 58.0 Å². The Morgan fingerprint density at radius 2 is 1.85 bits per heavy atom. The number of halogens is 2. The third-order valence-corrected chi connectivity index (χ3v) is 7.89. The van der Waals surface area contributed by atoms with Crippen LogP contribution in [0.5, 0.6) is 5.75 Å². The molecule has 3 aliphatic rings. The molecular weight excluding hydrogens is 508 g/mol. The van der Waals surface area contributed by atoms with E-state index in [0.29, 0.717) is 22.8 Å². The summed E-state index contributed by atoms with van der Waals surface area (Å²) in [5.41, 5.74) is 1.23. The third-order valence-electron chi connectivity index (χ3n) is 7.89. The molecule has 0 radical (unpaired) electrons. The van der Waals surface area contributed by atoms with Crippen LogP contribution < -0.4 is 25.2 Å². The largest absolute Gasteiger partial charge is 0.496 e. The number of fused-ring (bicyclic) bond motifs is 1. The van der Waals surface area contributed by atoms with Crippen LogP contribution in [0.3, 0.4) is 0 Å². The molecule has 2 amide bonds. The molecule has 1 aliphatic carbocycles. The second-order valence-corrected chi connectivity index (χ2v) is 10.6. The summed E-state index contributed by atoms with van der Waals surface area (Å²) in [6.07, 6.45) is 6.59. The highest BCUT2D eigenvalue weighted by atomic mass is 19.3. The van der Waals surface area contributed by atoms with Crippen LogP contribution in [0, 0.1) is 0 Å². The normalized spacial score (nSPS) is 20.5. The van der Waals surface area contributed by atoms with Gasteiger partial charge in [-0.15, -0.1) is 0 Å². The molecule has 3 heterocycles. The minimum Gasteiger partial charge on any atom is -0.496 e. The maximum Gasteiger partial charge on any atom is 0.342 e. The molecule has 0 atom stereocenters. The van der Waals surface area contributed by atoms with E-state index in [0.717, 1.165) is 56.5 Å². The first-order valence-electron chi connectivity index (χ1n) is 13.4. The Bertz CT molecular complexity index is 1230. The van der Waals surface area contributed by atoms with Crippen molar-refractivity contribution >= 4 is 35.0 Å². The van der Waals surface area contributed by atoms with Crippen molar-refractivity contribution in [1.82, 2.24) is 20.2 Å². The number of aromatic nitrogens is 2. The van der Waals surface area contributed by atoms with Crippen molar-refractivity contribution in [1.29, 1.82) is 0 Å². The average molecular weight is 544 g/mol. The summed E-state index contributed by atoms with van der Waals surface area (Å²) in [5, 5.41) is 6.20. The molecule has 1 aromatic heterocycles. The SMILES string of the molecule is COc1cc(Nc2ncc3c(n2)N(C2CCCC2)CC(F)(F)C(=O)N3C)ccc1C(=O)NC1CCN(C)CC1. The molecule has 12 heteroatoms. The van der Waals surface area contributed by atoms with Crippen LogP contribution >= 0.6 is 0 Å². The molecule has 0 unspecified atom stereocenters. The first kappa shape index (κ1) is 27.0. The summed E-state index contributed by atoms with van der Waals surface area (Å²) < 4.78 is 35.2. The molecule has 0 spiro atoms. The van der Waals surface area contributed by atoms with E-state index in [1.807, 2.05) is 0 Å². The number of hydrogen-bond acceptors (Lipinski definition) is 8. The minimum atomic E-state index is -3.54. The van der Waals surface area contributed by atoms with Crippen molar-refractivity contribution in [2.45, 2.75) is 56.5 Å². The third kappa shape index (κ3) is 5.61. The quantitative estimate of drug-likeness (QED) is 0.572. The predicted octanol–water partition coefficient (Wildman–Crippen LogP) is 3.41. The smallest absolute Gasteiger partial charge is 0.342 e. The van der Waals surface area contributed by atoms with E-state index in [1.54, 1.807) is 23.1 Å². The van der Waals surface area contributed by atoms with Crippen molar-refractivity contribution < 1.29 is 23.1 Å². The van der Waals surface area contributed by atoms with E-state index in [-0.39, 0.29) is 29.6 Å². The lowest BCUT2D eigenvalue weighted by Crippen LogP contribution is -2.48. The molecule has 39 heavy (non-hydrogen) atoms. The highest BCUT2D eigenvalue weighted by Crippen LogP contribution is 2.39. The molecule has 2 aromatic rings. The van der Waals surface area contributed by atoms with Crippen LogP contribution in [0.1, 0.15) is 48.9 Å². The average Bonchev–Trinajstić information content (AvgIpc) is 3.45. The number of benzene rings is 1. The fraction of sp³-hybridized carbons (Fsp3) is 0.556. The van der Waals surface area contributed by atoms with Gasteiger partial charge in [0.15, 0.2) is 5.82 Å². The van der Waals surface area contributed by atoms with Gasteiger partial charge in [-0.1, -0.05) is 12.8 Å². The van der Waals surface area contributed by atoms with Crippen molar-refractivity contribution in [3.8, 4) is 5.75 Å². The minimum absolute atomic E-state index is 0.115. The number of rotatable bonds is 6. The van der Waals surface area contributed by atoms with Crippen molar-refractivity contribution in [2.24, 2.45) is 0 Å². The Morgan fingerprint density at radius 3 is 2.54 bits per heavy atom. The molecule has 10 nitrogen and oxygen atoms in total. The second kappa shape index (κ2) is 10.9. The number of carbonyl (C=O) groups is 2. The van der Waals surface area contributed by atoms with Crippen LogP contribution in [0.4, 0.5) is 31.9 Å². The van der Waals surface area contributed by atoms with Crippen LogP contribution in [0.25, 0.3) is 0 Å². The summed E-state index contributed by atoms with van der Waals surface area (Å²) in [6, 6.07) is 5.06. The molecule has 1 saturated carbocycles. The number of carbonyl (C=O) groups excluding carboxylic acids is 2. The zero-order chi connectivity index (χ0) is 27.7. The number of ether oxygens (including phenoxy) is 1. The van der Waals surface area contributed by atoms with Crippen LogP contribution in [-0.2, 0) is 4.79 Å². The molecule has 210 valence electrons. The van der Waals surface area contributed by atoms with Crippen LogP contribution in [-0.4, -0.2) is 85.5 Å². The van der Waals surface area contributed by atoms with Gasteiger partial charge in [0, 0.05) is 30.9 Å². The number of alkyl halides is 2. The number of nitrogens with one attached hydrogen (secondary N) is 2. The summed E-state index contributed by atoms with van der Waals surface area (Å²) in [6.45, 7) is 1.15. The lowest BCUT2D eigenvalue weighted by atomic mass is 10.0. The fourth-order valence-electron chi connectivity index (χ4n) is 5.61. The Morgan fingerprint density at radius 1 is 1.13 bits per heavy atom. The van der Waals surface area contributed by atoms with E-state index in [4.69, 9.17) is 4.74 Å².